The number of carbonyl (C=O) groups excluding carboxylic acids is 1. The van der Waals surface area contributed by atoms with E-state index in [1.165, 1.54) is 36.6 Å². The molecule has 2 heterocycles. The molecule has 0 aliphatic heterocycles. The first-order chi connectivity index (χ1) is 17.0. The van der Waals surface area contributed by atoms with Crippen LogP contribution in [0.15, 0.2) is 52.2 Å². The molecule has 0 saturated heterocycles. The van der Waals surface area contributed by atoms with Crippen molar-refractivity contribution in [2.45, 2.75) is 43.9 Å². The molecule has 0 saturated carbocycles. The Morgan fingerprint density at radius 2 is 2.03 bits per heavy atom. The van der Waals surface area contributed by atoms with Crippen LogP contribution in [-0.2, 0) is 16.9 Å². The Morgan fingerprint density at radius 3 is 2.72 bits per heavy atom. The van der Waals surface area contributed by atoms with Gasteiger partial charge >= 0.3 is 5.97 Å². The van der Waals surface area contributed by atoms with Crippen molar-refractivity contribution in [2.75, 3.05) is 0 Å². The second kappa shape index (κ2) is 8.71. The Hall–Kier alpha value is -3.23. The van der Waals surface area contributed by atoms with Crippen LogP contribution in [0.4, 0.5) is 8.78 Å². The van der Waals surface area contributed by atoms with Gasteiger partial charge in [0.05, 0.1) is 15.9 Å². The van der Waals surface area contributed by atoms with Crippen LogP contribution in [0, 0.1) is 0 Å². The number of nitrogens with zero attached hydrogens (tertiary/aromatic N) is 2. The number of aryl methyl sites for hydroxylation is 1. The molecule has 0 fully saturated rings. The summed E-state index contributed by atoms with van der Waals surface area (Å²) in [5, 5.41) is 12.6. The third-order valence-electron chi connectivity index (χ3n) is 6.39. The highest BCUT2D eigenvalue weighted by molar-refractivity contribution is 6.34. The van der Waals surface area contributed by atoms with E-state index in [1.54, 1.807) is 24.4 Å². The summed E-state index contributed by atoms with van der Waals surface area (Å²) in [5.41, 5.74) is 0.553. The molecule has 2 aromatic heterocycles. The van der Waals surface area contributed by atoms with Gasteiger partial charge in [-0.1, -0.05) is 35.0 Å². The van der Waals surface area contributed by atoms with E-state index < -0.39 is 29.1 Å². The Labute approximate surface area is 214 Å². The monoisotopic (exact) mass is 532 g/mol. The molecule has 0 spiro atoms. The molecular formula is C26H20Cl2F2N2O4. The van der Waals surface area contributed by atoms with Crippen molar-refractivity contribution >= 4 is 57.1 Å². The van der Waals surface area contributed by atoms with Crippen LogP contribution >= 0.6 is 23.2 Å². The number of halogens is 4. The first-order valence-electron chi connectivity index (χ1n) is 11.2. The van der Waals surface area contributed by atoms with E-state index in [0.717, 1.165) is 16.5 Å². The zero-order chi connectivity index (χ0) is 25.9. The van der Waals surface area contributed by atoms with Crippen LogP contribution in [0.1, 0.15) is 53.2 Å². The van der Waals surface area contributed by atoms with Crippen molar-refractivity contribution in [2.24, 2.45) is 0 Å². The van der Waals surface area contributed by atoms with Crippen LogP contribution in [0.5, 0.6) is 0 Å². The zero-order valence-electron chi connectivity index (χ0n) is 19.2. The quantitative estimate of drug-likeness (QED) is 0.310. The number of carboxylic acids is 1. The van der Waals surface area contributed by atoms with Crippen LogP contribution in [0.2, 0.25) is 0 Å². The average molecular weight is 533 g/mol. The number of aliphatic carboxylic acids is 1. The van der Waals surface area contributed by atoms with Gasteiger partial charge in [-0.2, -0.15) is 0 Å². The summed E-state index contributed by atoms with van der Waals surface area (Å²) in [4.78, 5) is 25.3. The number of rotatable bonds is 4. The van der Waals surface area contributed by atoms with Crippen LogP contribution in [0.3, 0.4) is 0 Å². The number of carbonyl (C=O) groups is 2. The van der Waals surface area contributed by atoms with Gasteiger partial charge in [-0.3, -0.25) is 9.36 Å². The molecule has 5 rings (SSSR count). The highest BCUT2D eigenvalue weighted by Crippen LogP contribution is 2.41. The summed E-state index contributed by atoms with van der Waals surface area (Å²) in [7, 11) is 0. The largest absolute Gasteiger partial charge is 0.478 e. The molecule has 2 aliphatic rings. The number of benzene rings is 1. The van der Waals surface area contributed by atoms with Gasteiger partial charge in [0, 0.05) is 23.2 Å². The molecule has 1 aromatic carbocycles. The number of alkyl halides is 3. The maximum atomic E-state index is 15.2. The van der Waals surface area contributed by atoms with Gasteiger partial charge in [0.2, 0.25) is 0 Å². The van der Waals surface area contributed by atoms with Gasteiger partial charge < -0.3 is 9.63 Å². The lowest BCUT2D eigenvalue weighted by Gasteiger charge is -2.21. The number of carboxylic acid groups (broad SMARTS) is 1. The van der Waals surface area contributed by atoms with Gasteiger partial charge in [-0.05, 0) is 55.5 Å². The van der Waals surface area contributed by atoms with Crippen molar-refractivity contribution in [3.8, 4) is 0 Å². The van der Waals surface area contributed by atoms with Crippen molar-refractivity contribution in [3.63, 3.8) is 0 Å². The minimum Gasteiger partial charge on any atom is -0.478 e. The molecule has 0 radical (unpaired) electrons. The molecule has 36 heavy (non-hydrogen) atoms. The normalized spacial score (nSPS) is 21.0. The SMILES string of the molecule is CC(C)(F)c1onc(C2=CC=C(Cl)C(F)C2Cl)c1C(=O)n1cc2c3c(cccc31)/C(=C/C(=O)O)CC2. The molecule has 6 nitrogen and oxygen atoms in total. The van der Waals surface area contributed by atoms with Gasteiger partial charge in [0.15, 0.2) is 17.6 Å². The molecule has 2 unspecified atom stereocenters. The highest BCUT2D eigenvalue weighted by atomic mass is 35.5. The Balaban J connectivity index is 1.72. The lowest BCUT2D eigenvalue weighted by Crippen LogP contribution is -2.24. The summed E-state index contributed by atoms with van der Waals surface area (Å²) >= 11 is 12.2. The fourth-order valence-electron chi connectivity index (χ4n) is 4.77. The number of hydrogen-bond donors (Lipinski definition) is 1. The summed E-state index contributed by atoms with van der Waals surface area (Å²) < 4.78 is 36.5. The van der Waals surface area contributed by atoms with E-state index in [2.05, 4.69) is 5.16 Å². The maximum absolute atomic E-state index is 15.2. The predicted octanol–water partition coefficient (Wildman–Crippen LogP) is 6.40. The minimum absolute atomic E-state index is 0.0651. The van der Waals surface area contributed by atoms with Gasteiger partial charge in [0.25, 0.3) is 5.91 Å². The van der Waals surface area contributed by atoms with Crippen molar-refractivity contribution in [1.29, 1.82) is 0 Å². The summed E-state index contributed by atoms with van der Waals surface area (Å²) in [6, 6.07) is 5.25. The first-order valence-corrected chi connectivity index (χ1v) is 12.0. The predicted molar refractivity (Wildman–Crippen MR) is 133 cm³/mol. The molecule has 0 amide bonds. The third kappa shape index (κ3) is 3.89. The maximum Gasteiger partial charge on any atom is 0.328 e. The van der Waals surface area contributed by atoms with Crippen LogP contribution < -0.4 is 0 Å². The molecule has 2 atom stereocenters. The number of aromatic nitrogens is 2. The Bertz CT molecular complexity index is 1520. The lowest BCUT2D eigenvalue weighted by molar-refractivity contribution is -0.131. The van der Waals surface area contributed by atoms with E-state index in [1.807, 2.05) is 0 Å². The second-order valence-corrected chi connectivity index (χ2v) is 10.1. The van der Waals surface area contributed by atoms with Crippen molar-refractivity contribution in [3.05, 3.63) is 75.8 Å². The number of allylic oxidation sites excluding steroid dienone is 5. The van der Waals surface area contributed by atoms with Gasteiger partial charge in [-0.25, -0.2) is 13.6 Å². The smallest absolute Gasteiger partial charge is 0.328 e. The lowest BCUT2D eigenvalue weighted by atomic mass is 9.88. The van der Waals surface area contributed by atoms with Crippen LogP contribution in [-0.4, -0.2) is 38.3 Å². The van der Waals surface area contributed by atoms with E-state index in [-0.39, 0.29) is 27.6 Å². The van der Waals surface area contributed by atoms with Gasteiger partial charge in [-0.15, -0.1) is 11.6 Å². The minimum atomic E-state index is -2.09. The van der Waals surface area contributed by atoms with E-state index in [9.17, 15) is 19.1 Å². The number of hydrogen-bond acceptors (Lipinski definition) is 4. The molecule has 1 N–H and O–H groups in total. The van der Waals surface area contributed by atoms with Crippen molar-refractivity contribution in [1.82, 2.24) is 9.72 Å². The van der Waals surface area contributed by atoms with Crippen molar-refractivity contribution < 1.29 is 28.0 Å². The van der Waals surface area contributed by atoms with E-state index in [0.29, 0.717) is 23.9 Å². The molecule has 186 valence electrons. The molecule has 3 aromatic rings. The van der Waals surface area contributed by atoms with Crippen LogP contribution in [0.25, 0.3) is 22.0 Å². The Kier molecular flexibility index (Phi) is 5.92. The molecule has 0 bridgehead atoms. The zero-order valence-corrected chi connectivity index (χ0v) is 20.7. The molecule has 2 aliphatic carbocycles. The van der Waals surface area contributed by atoms with E-state index in [4.69, 9.17) is 27.7 Å². The highest BCUT2D eigenvalue weighted by Gasteiger charge is 2.39. The summed E-state index contributed by atoms with van der Waals surface area (Å²) in [6.07, 6.45) is 4.86. The third-order valence-corrected chi connectivity index (χ3v) is 7.18. The van der Waals surface area contributed by atoms with E-state index >= 15 is 4.39 Å². The standard InChI is InChI=1S/C26H20Cl2F2N2O4/c1-26(2,30)24-20(23(31-36-24)15-8-9-16(27)22(29)21(15)28)25(35)32-11-13-7-6-12(10-18(33)34)14-4-3-5-17(32)19(13)14/h3-5,8-11,21-22H,6-7H2,1-2H3,(H,33,34)/b12-10+. The molecule has 10 heteroatoms. The Morgan fingerprint density at radius 1 is 1.28 bits per heavy atom. The fourth-order valence-corrected chi connectivity index (χ4v) is 5.33. The topological polar surface area (TPSA) is 85.3 Å². The second-order valence-electron chi connectivity index (χ2n) is 9.22. The molecular weight excluding hydrogens is 513 g/mol. The summed E-state index contributed by atoms with van der Waals surface area (Å²) in [5.74, 6) is -2.00. The average Bonchev–Trinajstić information content (AvgIpc) is 3.42. The fraction of sp³-hybridized carbons (Fsp3) is 0.269. The summed E-state index contributed by atoms with van der Waals surface area (Å²) in [6.45, 7) is 2.45. The van der Waals surface area contributed by atoms with Gasteiger partial charge in [0.1, 0.15) is 11.3 Å². The first kappa shape index (κ1) is 24.5.